The Balaban J connectivity index is 1.61. The van der Waals surface area contributed by atoms with Crippen LogP contribution in [0.25, 0.3) is 6.08 Å². The van der Waals surface area contributed by atoms with E-state index in [2.05, 4.69) is 10.2 Å². The molecule has 0 atom stereocenters. The number of phenolic OH excluding ortho intramolecular Hbond substituents is 1. The lowest BCUT2D eigenvalue weighted by molar-refractivity contribution is -0.122. The van der Waals surface area contributed by atoms with Crippen LogP contribution >= 0.6 is 11.8 Å². The summed E-state index contributed by atoms with van der Waals surface area (Å²) in [7, 11) is 1.61. The van der Waals surface area contributed by atoms with E-state index in [1.165, 1.54) is 22.9 Å². The first-order valence-electron chi connectivity index (χ1n) is 9.41. The lowest BCUT2D eigenvalue weighted by Gasteiger charge is -2.12. The maximum absolute atomic E-state index is 13.1. The summed E-state index contributed by atoms with van der Waals surface area (Å²) < 4.78 is 10.6. The van der Waals surface area contributed by atoms with Gasteiger partial charge in [-0.2, -0.15) is 5.10 Å². The van der Waals surface area contributed by atoms with Crippen molar-refractivity contribution in [3.05, 3.63) is 88.7 Å². The zero-order chi connectivity index (χ0) is 21.6. The summed E-state index contributed by atoms with van der Waals surface area (Å²) in [5, 5.41) is 18.6. The molecule has 3 aromatic rings. The third-order valence-corrected chi connectivity index (χ3v) is 5.47. The van der Waals surface area contributed by atoms with Crippen molar-refractivity contribution in [1.29, 1.82) is 0 Å². The van der Waals surface area contributed by atoms with Gasteiger partial charge in [0.15, 0.2) is 5.17 Å². The van der Waals surface area contributed by atoms with Crippen molar-refractivity contribution >= 4 is 35.1 Å². The molecule has 31 heavy (non-hydrogen) atoms. The van der Waals surface area contributed by atoms with Crippen LogP contribution in [0.1, 0.15) is 16.9 Å². The van der Waals surface area contributed by atoms with Crippen molar-refractivity contribution in [2.45, 2.75) is 6.54 Å². The molecule has 0 radical (unpaired) electrons. The fraction of sp³-hybridized carbons (Fsp3) is 0.0870. The Hall–Kier alpha value is -3.78. The minimum absolute atomic E-state index is 0.106. The summed E-state index contributed by atoms with van der Waals surface area (Å²) in [6, 6.07) is 17.8. The fourth-order valence-electron chi connectivity index (χ4n) is 2.87. The van der Waals surface area contributed by atoms with E-state index in [4.69, 9.17) is 9.15 Å². The first kappa shape index (κ1) is 20.5. The molecule has 2 aromatic carbocycles. The average Bonchev–Trinajstić information content (AvgIpc) is 3.40. The Morgan fingerprint density at radius 1 is 1.13 bits per heavy atom. The molecule has 1 amide bonds. The zero-order valence-corrected chi connectivity index (χ0v) is 17.5. The van der Waals surface area contributed by atoms with Gasteiger partial charge in [0.1, 0.15) is 17.3 Å². The van der Waals surface area contributed by atoms with E-state index in [-0.39, 0.29) is 18.2 Å². The van der Waals surface area contributed by atoms with E-state index in [0.717, 1.165) is 11.3 Å². The van der Waals surface area contributed by atoms with E-state index in [0.29, 0.717) is 21.4 Å². The van der Waals surface area contributed by atoms with Crippen molar-refractivity contribution in [3.8, 4) is 11.5 Å². The number of aromatic hydroxyl groups is 1. The number of carbonyl (C=O) groups excluding carboxylic acids is 1. The van der Waals surface area contributed by atoms with Gasteiger partial charge in [0.2, 0.25) is 0 Å². The average molecular weight is 433 g/mol. The lowest BCUT2D eigenvalue weighted by Crippen LogP contribution is -2.28. The van der Waals surface area contributed by atoms with Gasteiger partial charge in [-0.05, 0) is 59.8 Å². The Morgan fingerprint density at radius 3 is 2.65 bits per heavy atom. The summed E-state index contributed by atoms with van der Waals surface area (Å²) in [6.45, 7) is 0.240. The molecule has 1 fully saturated rings. The topological polar surface area (TPSA) is 87.6 Å². The Kier molecular flexibility index (Phi) is 6.18. The molecule has 1 N–H and O–H groups in total. The SMILES string of the molecule is COc1ccc(/C=C2\S/C(=N/N=C\c3ccccc3O)N(Cc3ccco3)C2=O)cc1. The normalized spacial score (nSPS) is 16.7. The van der Waals surface area contributed by atoms with Crippen molar-refractivity contribution in [2.24, 2.45) is 10.2 Å². The van der Waals surface area contributed by atoms with Crippen LogP contribution < -0.4 is 4.74 Å². The standard InChI is InChI=1S/C23H19N3O4S/c1-29-18-10-8-16(9-11-18)13-21-22(28)26(15-19-6-4-12-30-19)23(31-21)25-24-14-17-5-2-3-7-20(17)27/h2-14,27H,15H2,1H3/b21-13-,24-14-,25-23+. The van der Waals surface area contributed by atoms with Gasteiger partial charge in [-0.1, -0.05) is 24.3 Å². The van der Waals surface area contributed by atoms with Gasteiger partial charge < -0.3 is 14.3 Å². The van der Waals surface area contributed by atoms with Crippen LogP contribution in [0.5, 0.6) is 11.5 Å². The van der Waals surface area contributed by atoms with Gasteiger partial charge in [0.25, 0.3) is 5.91 Å². The summed E-state index contributed by atoms with van der Waals surface area (Å²) in [5.41, 5.74) is 1.40. The number of ether oxygens (including phenoxy) is 1. The van der Waals surface area contributed by atoms with Crippen molar-refractivity contribution in [1.82, 2.24) is 4.90 Å². The molecular weight excluding hydrogens is 414 g/mol. The molecule has 2 heterocycles. The highest BCUT2D eigenvalue weighted by Crippen LogP contribution is 2.34. The third-order valence-electron chi connectivity index (χ3n) is 4.47. The van der Waals surface area contributed by atoms with Gasteiger partial charge in [0.05, 0.1) is 31.0 Å². The zero-order valence-electron chi connectivity index (χ0n) is 16.6. The number of amidine groups is 1. The monoisotopic (exact) mass is 433 g/mol. The molecule has 1 aliphatic rings. The number of hydrogen-bond acceptors (Lipinski definition) is 7. The number of rotatable bonds is 6. The number of carbonyl (C=O) groups is 1. The number of para-hydroxylation sites is 1. The van der Waals surface area contributed by atoms with Gasteiger partial charge >= 0.3 is 0 Å². The van der Waals surface area contributed by atoms with E-state index >= 15 is 0 Å². The minimum atomic E-state index is -0.186. The lowest BCUT2D eigenvalue weighted by atomic mass is 10.2. The van der Waals surface area contributed by atoms with Crippen molar-refractivity contribution < 1.29 is 19.1 Å². The van der Waals surface area contributed by atoms with Crippen LogP contribution in [-0.4, -0.2) is 34.4 Å². The first-order chi connectivity index (χ1) is 15.1. The second-order valence-electron chi connectivity index (χ2n) is 6.54. The number of thioether (sulfide) groups is 1. The molecule has 7 nitrogen and oxygen atoms in total. The molecular formula is C23H19N3O4S. The Bertz CT molecular complexity index is 1150. The first-order valence-corrected chi connectivity index (χ1v) is 10.2. The molecule has 8 heteroatoms. The van der Waals surface area contributed by atoms with Crippen molar-refractivity contribution in [2.75, 3.05) is 7.11 Å². The minimum Gasteiger partial charge on any atom is -0.507 e. The molecule has 1 saturated heterocycles. The number of hydrogen-bond donors (Lipinski definition) is 1. The highest BCUT2D eigenvalue weighted by molar-refractivity contribution is 8.18. The molecule has 0 saturated carbocycles. The molecule has 4 rings (SSSR count). The van der Waals surface area contributed by atoms with Crippen LogP contribution in [0.2, 0.25) is 0 Å². The molecule has 156 valence electrons. The molecule has 0 bridgehead atoms. The third kappa shape index (κ3) is 4.87. The van der Waals surface area contributed by atoms with Crippen LogP contribution in [0.15, 0.2) is 86.5 Å². The van der Waals surface area contributed by atoms with Gasteiger partial charge in [-0.25, -0.2) is 0 Å². The van der Waals surface area contributed by atoms with Gasteiger partial charge in [0, 0.05) is 5.56 Å². The Labute approximate surface area is 183 Å². The van der Waals surface area contributed by atoms with Crippen LogP contribution in [-0.2, 0) is 11.3 Å². The molecule has 1 aromatic heterocycles. The van der Waals surface area contributed by atoms with Crippen molar-refractivity contribution in [3.63, 3.8) is 0 Å². The fourth-order valence-corrected chi connectivity index (χ4v) is 3.80. The molecule has 1 aliphatic heterocycles. The predicted molar refractivity (Wildman–Crippen MR) is 121 cm³/mol. The number of methoxy groups -OCH3 is 1. The summed E-state index contributed by atoms with van der Waals surface area (Å²) >= 11 is 1.23. The maximum Gasteiger partial charge on any atom is 0.267 e. The second kappa shape index (κ2) is 9.36. The van der Waals surface area contributed by atoms with Crippen LogP contribution in [0.3, 0.4) is 0 Å². The number of amides is 1. The number of nitrogens with zero attached hydrogens (tertiary/aromatic N) is 3. The number of furan rings is 1. The molecule has 0 unspecified atom stereocenters. The summed E-state index contributed by atoms with van der Waals surface area (Å²) in [5.74, 6) is 1.30. The van der Waals surface area contributed by atoms with E-state index < -0.39 is 0 Å². The van der Waals surface area contributed by atoms with Gasteiger partial charge in [-0.3, -0.25) is 9.69 Å². The largest absolute Gasteiger partial charge is 0.507 e. The van der Waals surface area contributed by atoms with E-state index in [1.807, 2.05) is 24.3 Å². The second-order valence-corrected chi connectivity index (χ2v) is 7.55. The number of phenols is 1. The molecule has 0 aliphatic carbocycles. The van der Waals surface area contributed by atoms with E-state index in [9.17, 15) is 9.90 Å². The molecule has 0 spiro atoms. The smallest absolute Gasteiger partial charge is 0.267 e. The quantitative estimate of drug-likeness (QED) is 0.351. The number of benzene rings is 2. The predicted octanol–water partition coefficient (Wildman–Crippen LogP) is 4.50. The highest BCUT2D eigenvalue weighted by atomic mass is 32.2. The summed E-state index contributed by atoms with van der Waals surface area (Å²) in [6.07, 6.45) is 4.81. The van der Waals surface area contributed by atoms with Crippen LogP contribution in [0, 0.1) is 0 Å². The Morgan fingerprint density at radius 2 is 1.94 bits per heavy atom. The highest BCUT2D eigenvalue weighted by Gasteiger charge is 2.34. The summed E-state index contributed by atoms with van der Waals surface area (Å²) in [4.78, 5) is 15.1. The van der Waals surface area contributed by atoms with Crippen LogP contribution in [0.4, 0.5) is 0 Å². The van der Waals surface area contributed by atoms with Gasteiger partial charge in [-0.15, -0.1) is 5.10 Å². The maximum atomic E-state index is 13.1. The van der Waals surface area contributed by atoms with E-state index in [1.54, 1.807) is 55.8 Å².